The van der Waals surface area contributed by atoms with Crippen molar-refractivity contribution >= 4 is 28.5 Å². The number of anilines is 1. The third kappa shape index (κ3) is 8.75. The Morgan fingerprint density at radius 3 is 2.39 bits per heavy atom. The second-order valence-electron chi connectivity index (χ2n) is 11.1. The number of halogens is 3. The number of carbonyl (C=O) groups excluding carboxylic acids is 2. The first kappa shape index (κ1) is 30.9. The molecule has 5 rings (SSSR count). The number of carbonyl (C=O) groups is 2. The topological polar surface area (TPSA) is 97.3 Å². The Morgan fingerprint density at radius 2 is 1.66 bits per heavy atom. The zero-order chi connectivity index (χ0) is 30.9. The van der Waals surface area contributed by atoms with Gasteiger partial charge in [-0.25, -0.2) is 4.98 Å². The van der Waals surface area contributed by atoms with Crippen LogP contribution in [0.15, 0.2) is 79.1 Å². The molecule has 44 heavy (non-hydrogen) atoms. The van der Waals surface area contributed by atoms with Gasteiger partial charge in [0.2, 0.25) is 5.91 Å². The van der Waals surface area contributed by atoms with Crippen molar-refractivity contribution in [2.24, 2.45) is 5.92 Å². The van der Waals surface area contributed by atoms with Gasteiger partial charge >= 0.3 is 6.36 Å². The van der Waals surface area contributed by atoms with Crippen molar-refractivity contribution in [3.05, 3.63) is 90.3 Å². The number of nitrogens with one attached hydrogen (secondary N) is 3. The number of fused-ring (bicyclic) bond motifs is 1. The van der Waals surface area contributed by atoms with E-state index in [2.05, 4.69) is 30.2 Å². The predicted octanol–water partition coefficient (Wildman–Crippen LogP) is 6.28. The monoisotopic (exact) mass is 607 g/mol. The van der Waals surface area contributed by atoms with E-state index >= 15 is 0 Å². The van der Waals surface area contributed by atoms with Gasteiger partial charge in [-0.15, -0.1) is 13.2 Å². The number of benzene rings is 3. The van der Waals surface area contributed by atoms with Gasteiger partial charge in [-0.05, 0) is 66.4 Å². The van der Waals surface area contributed by atoms with Crippen molar-refractivity contribution in [1.29, 1.82) is 0 Å². The van der Waals surface area contributed by atoms with Crippen LogP contribution in [0.5, 0.6) is 5.75 Å². The number of nitrogens with zero attached hydrogens (tertiary/aromatic N) is 2. The smallest absolute Gasteiger partial charge is 0.406 e. The molecule has 3 aromatic carbocycles. The van der Waals surface area contributed by atoms with Crippen LogP contribution in [0.4, 0.5) is 18.9 Å². The molecule has 1 unspecified atom stereocenters. The summed E-state index contributed by atoms with van der Waals surface area (Å²) in [5, 5.41) is 8.92. The van der Waals surface area contributed by atoms with Crippen molar-refractivity contribution < 1.29 is 27.5 Å². The van der Waals surface area contributed by atoms with Crippen molar-refractivity contribution in [2.75, 3.05) is 18.4 Å². The van der Waals surface area contributed by atoms with E-state index in [0.29, 0.717) is 36.7 Å². The molecule has 4 aromatic rings. The van der Waals surface area contributed by atoms with E-state index < -0.39 is 12.4 Å². The van der Waals surface area contributed by atoms with Gasteiger partial charge in [0, 0.05) is 30.9 Å². The van der Waals surface area contributed by atoms with Crippen LogP contribution in [0.2, 0.25) is 0 Å². The van der Waals surface area contributed by atoms with Gasteiger partial charge in [0.25, 0.3) is 5.91 Å². The SMILES string of the molecule is O=C(NC(CC1CCCCC1)C(=O)NCCNc1ccc(OC(F)(F)F)cc1)c1ccc(Cn2cnc3ccccc32)cc1. The molecule has 0 aliphatic heterocycles. The highest BCUT2D eigenvalue weighted by Gasteiger charge is 2.31. The molecule has 1 heterocycles. The number of para-hydroxylation sites is 2. The predicted molar refractivity (Wildman–Crippen MR) is 162 cm³/mol. The Hall–Kier alpha value is -4.54. The highest BCUT2D eigenvalue weighted by molar-refractivity contribution is 5.97. The molecule has 0 radical (unpaired) electrons. The number of hydrogen-bond donors (Lipinski definition) is 3. The van der Waals surface area contributed by atoms with Crippen LogP contribution in [0, 0.1) is 5.92 Å². The summed E-state index contributed by atoms with van der Waals surface area (Å²) in [6.45, 7) is 1.24. The van der Waals surface area contributed by atoms with Crippen LogP contribution >= 0.6 is 0 Å². The maximum Gasteiger partial charge on any atom is 0.573 e. The summed E-state index contributed by atoms with van der Waals surface area (Å²) in [4.78, 5) is 30.9. The van der Waals surface area contributed by atoms with Gasteiger partial charge in [-0.1, -0.05) is 56.4 Å². The summed E-state index contributed by atoms with van der Waals surface area (Å²) in [6, 6.07) is 20.0. The van der Waals surface area contributed by atoms with Crippen LogP contribution in [0.25, 0.3) is 11.0 Å². The minimum absolute atomic E-state index is 0.261. The molecule has 8 nitrogen and oxygen atoms in total. The van der Waals surface area contributed by atoms with Gasteiger partial charge < -0.3 is 25.3 Å². The Morgan fingerprint density at radius 1 is 0.932 bits per heavy atom. The quantitative estimate of drug-likeness (QED) is 0.165. The molecule has 3 N–H and O–H groups in total. The lowest BCUT2D eigenvalue weighted by Crippen LogP contribution is -2.48. The highest BCUT2D eigenvalue weighted by Crippen LogP contribution is 2.28. The normalized spacial score (nSPS) is 14.6. The first-order chi connectivity index (χ1) is 21.2. The second kappa shape index (κ2) is 14.3. The molecular formula is C33H36F3N5O3. The molecule has 0 bridgehead atoms. The molecular weight excluding hydrogens is 571 g/mol. The zero-order valence-corrected chi connectivity index (χ0v) is 24.3. The summed E-state index contributed by atoms with van der Waals surface area (Å²) in [5.74, 6) is -0.509. The molecule has 1 atom stereocenters. The average molecular weight is 608 g/mol. The molecule has 2 amide bonds. The van der Waals surface area contributed by atoms with Gasteiger partial charge in [-0.3, -0.25) is 9.59 Å². The summed E-state index contributed by atoms with van der Waals surface area (Å²) in [6.07, 6.45) is 3.13. The zero-order valence-electron chi connectivity index (χ0n) is 24.3. The summed E-state index contributed by atoms with van der Waals surface area (Å²) in [7, 11) is 0. The number of rotatable bonds is 12. The first-order valence-electron chi connectivity index (χ1n) is 14.9. The Bertz CT molecular complexity index is 1530. The van der Waals surface area contributed by atoms with E-state index in [1.54, 1.807) is 18.5 Å². The summed E-state index contributed by atoms with van der Waals surface area (Å²) >= 11 is 0. The largest absolute Gasteiger partial charge is 0.573 e. The molecule has 232 valence electrons. The number of amides is 2. The molecule has 1 aliphatic rings. The van der Waals surface area contributed by atoms with Crippen molar-refractivity contribution in [1.82, 2.24) is 20.2 Å². The lowest BCUT2D eigenvalue weighted by molar-refractivity contribution is -0.274. The van der Waals surface area contributed by atoms with E-state index in [9.17, 15) is 22.8 Å². The third-order valence-electron chi connectivity index (χ3n) is 7.85. The third-order valence-corrected chi connectivity index (χ3v) is 7.85. The fraction of sp³-hybridized carbons (Fsp3) is 0.364. The van der Waals surface area contributed by atoms with Crippen LogP contribution in [0.3, 0.4) is 0 Å². The Labute approximate surface area is 254 Å². The number of ether oxygens (including phenoxy) is 1. The fourth-order valence-corrected chi connectivity index (χ4v) is 5.61. The fourth-order valence-electron chi connectivity index (χ4n) is 5.61. The second-order valence-corrected chi connectivity index (χ2v) is 11.1. The van der Waals surface area contributed by atoms with Gasteiger partial charge in [0.1, 0.15) is 11.8 Å². The van der Waals surface area contributed by atoms with E-state index in [1.165, 1.54) is 30.7 Å². The van der Waals surface area contributed by atoms with Crippen LogP contribution < -0.4 is 20.7 Å². The first-order valence-corrected chi connectivity index (χ1v) is 14.9. The van der Waals surface area contributed by atoms with Crippen molar-refractivity contribution in [2.45, 2.75) is 57.5 Å². The number of imidazole rings is 1. The van der Waals surface area contributed by atoms with Crippen LogP contribution in [-0.4, -0.2) is 46.9 Å². The summed E-state index contributed by atoms with van der Waals surface area (Å²) < 4.78 is 43.1. The molecule has 0 saturated heterocycles. The number of hydrogen-bond acceptors (Lipinski definition) is 5. The van der Waals surface area contributed by atoms with Crippen LogP contribution in [-0.2, 0) is 11.3 Å². The molecule has 0 spiro atoms. The van der Waals surface area contributed by atoms with E-state index in [-0.39, 0.29) is 24.1 Å². The van der Waals surface area contributed by atoms with Crippen molar-refractivity contribution in [3.8, 4) is 5.75 Å². The number of alkyl halides is 3. The van der Waals surface area contributed by atoms with E-state index in [4.69, 9.17) is 0 Å². The Balaban J connectivity index is 1.15. The minimum atomic E-state index is -4.75. The maximum atomic E-state index is 13.2. The highest BCUT2D eigenvalue weighted by atomic mass is 19.4. The van der Waals surface area contributed by atoms with Crippen LogP contribution in [0.1, 0.15) is 54.4 Å². The van der Waals surface area contributed by atoms with Gasteiger partial charge in [-0.2, -0.15) is 0 Å². The average Bonchev–Trinajstić information content (AvgIpc) is 3.42. The maximum absolute atomic E-state index is 13.2. The van der Waals surface area contributed by atoms with Gasteiger partial charge in [0.15, 0.2) is 0 Å². The van der Waals surface area contributed by atoms with Crippen molar-refractivity contribution in [3.63, 3.8) is 0 Å². The molecule has 1 saturated carbocycles. The molecule has 1 aromatic heterocycles. The molecule has 11 heteroatoms. The Kier molecular flexibility index (Phi) is 10.0. The lowest BCUT2D eigenvalue weighted by Gasteiger charge is -2.26. The standard InChI is InChI=1S/C33H36F3N5O3/c34-33(35,36)44-27-16-14-26(15-17-27)37-18-19-38-32(43)29(20-23-6-2-1-3-7-23)40-31(42)25-12-10-24(11-13-25)21-41-22-39-28-8-4-5-9-30(28)41/h4-5,8-17,22-23,29,37H,1-3,6-7,18-21H2,(H,38,43)(H,40,42). The van der Waals surface area contributed by atoms with Gasteiger partial charge in [0.05, 0.1) is 17.4 Å². The number of aromatic nitrogens is 2. The van der Waals surface area contributed by atoms with E-state index in [0.717, 1.165) is 42.3 Å². The van der Waals surface area contributed by atoms with E-state index in [1.807, 2.05) is 36.4 Å². The minimum Gasteiger partial charge on any atom is -0.406 e. The lowest BCUT2D eigenvalue weighted by atomic mass is 9.84. The summed E-state index contributed by atoms with van der Waals surface area (Å²) in [5.41, 5.74) is 4.05. The molecule has 1 fully saturated rings. The molecule has 1 aliphatic carbocycles.